The van der Waals surface area contributed by atoms with Crippen molar-refractivity contribution in [1.29, 1.82) is 0 Å². The molecule has 1 aromatic heterocycles. The maximum Gasteiger partial charge on any atom is 0.231 e. The molecule has 4 nitrogen and oxygen atoms in total. The Balaban J connectivity index is 1.91. The van der Waals surface area contributed by atoms with Crippen LogP contribution in [0.3, 0.4) is 0 Å². The molecule has 3 rings (SSSR count). The van der Waals surface area contributed by atoms with E-state index in [9.17, 15) is 0 Å². The molecule has 1 heterocycles. The third kappa shape index (κ3) is 3.54. The van der Waals surface area contributed by atoms with Gasteiger partial charge in [0.25, 0.3) is 0 Å². The molecular formula is C20H22N4. The van der Waals surface area contributed by atoms with Gasteiger partial charge < -0.3 is 10.2 Å². The Morgan fingerprint density at radius 1 is 0.875 bits per heavy atom. The van der Waals surface area contributed by atoms with E-state index in [0.717, 1.165) is 22.9 Å². The lowest BCUT2D eigenvalue weighted by molar-refractivity contribution is 1.02. The number of para-hydroxylation sites is 1. The minimum atomic E-state index is 0.675. The molecule has 0 unspecified atom stereocenters. The van der Waals surface area contributed by atoms with Crippen LogP contribution in [0.5, 0.6) is 0 Å². The summed E-state index contributed by atoms with van der Waals surface area (Å²) < 4.78 is 0. The van der Waals surface area contributed by atoms with Crippen molar-refractivity contribution >= 4 is 23.1 Å². The van der Waals surface area contributed by atoms with Gasteiger partial charge in [0, 0.05) is 30.2 Å². The van der Waals surface area contributed by atoms with E-state index in [1.165, 1.54) is 11.1 Å². The summed E-state index contributed by atoms with van der Waals surface area (Å²) >= 11 is 0. The van der Waals surface area contributed by atoms with Crippen molar-refractivity contribution in [2.75, 3.05) is 17.3 Å². The Labute approximate surface area is 143 Å². The van der Waals surface area contributed by atoms with Gasteiger partial charge in [0.1, 0.15) is 5.82 Å². The first-order valence-electron chi connectivity index (χ1n) is 8.01. The smallest absolute Gasteiger partial charge is 0.231 e. The molecule has 1 N–H and O–H groups in total. The Bertz CT molecular complexity index is 844. The van der Waals surface area contributed by atoms with Gasteiger partial charge in [-0.1, -0.05) is 35.9 Å². The summed E-state index contributed by atoms with van der Waals surface area (Å²) in [7, 11) is 1.98. The van der Waals surface area contributed by atoms with Crippen molar-refractivity contribution in [3.05, 3.63) is 71.4 Å². The summed E-state index contributed by atoms with van der Waals surface area (Å²) in [6.45, 7) is 6.18. The van der Waals surface area contributed by atoms with E-state index in [-0.39, 0.29) is 0 Å². The van der Waals surface area contributed by atoms with Crippen molar-refractivity contribution in [1.82, 2.24) is 9.97 Å². The predicted octanol–water partition coefficient (Wildman–Crippen LogP) is 4.91. The number of rotatable bonds is 4. The first-order chi connectivity index (χ1) is 11.5. The largest absolute Gasteiger partial charge is 0.340 e. The molecule has 0 bridgehead atoms. The molecule has 0 atom stereocenters. The monoisotopic (exact) mass is 318 g/mol. The number of benzene rings is 2. The Hall–Kier alpha value is -2.88. The average Bonchev–Trinajstić information content (AvgIpc) is 2.57. The van der Waals surface area contributed by atoms with Crippen molar-refractivity contribution in [3.8, 4) is 0 Å². The van der Waals surface area contributed by atoms with Crippen molar-refractivity contribution < 1.29 is 0 Å². The van der Waals surface area contributed by atoms with E-state index < -0.39 is 0 Å². The lowest BCUT2D eigenvalue weighted by atomic mass is 10.1. The number of hydrogen-bond acceptors (Lipinski definition) is 4. The highest BCUT2D eigenvalue weighted by atomic mass is 15.3. The summed E-state index contributed by atoms with van der Waals surface area (Å²) in [4.78, 5) is 11.2. The zero-order valence-corrected chi connectivity index (χ0v) is 14.5. The summed E-state index contributed by atoms with van der Waals surface area (Å²) in [5, 5.41) is 3.41. The van der Waals surface area contributed by atoms with Crippen molar-refractivity contribution in [2.24, 2.45) is 0 Å². The summed E-state index contributed by atoms with van der Waals surface area (Å²) in [5.41, 5.74) is 5.49. The molecule has 122 valence electrons. The normalized spacial score (nSPS) is 10.5. The van der Waals surface area contributed by atoms with Gasteiger partial charge in [-0.15, -0.1) is 0 Å². The topological polar surface area (TPSA) is 41.1 Å². The third-order valence-electron chi connectivity index (χ3n) is 3.93. The van der Waals surface area contributed by atoms with E-state index >= 15 is 0 Å². The molecule has 3 aromatic rings. The SMILES string of the molecule is Cc1ccc(Nc2cc(C)nc(N(C)c3ccccc3)n2)c(C)c1. The van der Waals surface area contributed by atoms with Gasteiger partial charge >= 0.3 is 0 Å². The quantitative estimate of drug-likeness (QED) is 0.742. The van der Waals surface area contributed by atoms with E-state index in [2.05, 4.69) is 47.3 Å². The van der Waals surface area contributed by atoms with Gasteiger partial charge in [0.15, 0.2) is 0 Å². The van der Waals surface area contributed by atoms with Crippen LogP contribution >= 0.6 is 0 Å². The van der Waals surface area contributed by atoms with E-state index in [0.29, 0.717) is 5.95 Å². The highest BCUT2D eigenvalue weighted by Crippen LogP contribution is 2.24. The fraction of sp³-hybridized carbons (Fsp3) is 0.200. The first kappa shape index (κ1) is 16.0. The van der Waals surface area contributed by atoms with Crippen LogP contribution in [0, 0.1) is 20.8 Å². The van der Waals surface area contributed by atoms with E-state index in [1.54, 1.807) is 0 Å². The lowest BCUT2D eigenvalue weighted by Gasteiger charge is -2.19. The Morgan fingerprint density at radius 2 is 1.62 bits per heavy atom. The standard InChI is InChI=1S/C20H22N4/c1-14-10-11-18(15(2)12-14)22-19-13-16(3)21-20(23-19)24(4)17-8-6-5-7-9-17/h5-13H,1-4H3,(H,21,22,23). The number of nitrogens with zero attached hydrogens (tertiary/aromatic N) is 3. The van der Waals surface area contributed by atoms with Crippen LogP contribution in [0.2, 0.25) is 0 Å². The first-order valence-corrected chi connectivity index (χ1v) is 8.01. The van der Waals surface area contributed by atoms with Gasteiger partial charge in [-0.05, 0) is 44.5 Å². The van der Waals surface area contributed by atoms with Gasteiger partial charge in [-0.3, -0.25) is 0 Å². The molecule has 0 saturated heterocycles. The second kappa shape index (κ2) is 6.71. The number of aromatic nitrogens is 2. The highest BCUT2D eigenvalue weighted by molar-refractivity contribution is 5.63. The fourth-order valence-corrected chi connectivity index (χ4v) is 2.63. The van der Waals surface area contributed by atoms with Crippen molar-refractivity contribution in [3.63, 3.8) is 0 Å². The lowest BCUT2D eigenvalue weighted by Crippen LogP contribution is -2.14. The minimum absolute atomic E-state index is 0.675. The van der Waals surface area contributed by atoms with Gasteiger partial charge in [0.2, 0.25) is 5.95 Å². The maximum absolute atomic E-state index is 4.67. The maximum atomic E-state index is 4.67. The Kier molecular flexibility index (Phi) is 4.47. The molecule has 24 heavy (non-hydrogen) atoms. The predicted molar refractivity (Wildman–Crippen MR) is 100 cm³/mol. The molecule has 0 aliphatic heterocycles. The number of anilines is 4. The third-order valence-corrected chi connectivity index (χ3v) is 3.93. The van der Waals surface area contributed by atoms with Crippen LogP contribution in [0.15, 0.2) is 54.6 Å². The molecule has 2 aromatic carbocycles. The molecule has 0 aliphatic carbocycles. The molecule has 4 heteroatoms. The summed E-state index contributed by atoms with van der Waals surface area (Å²) in [6.07, 6.45) is 0. The molecule has 0 fully saturated rings. The zero-order valence-electron chi connectivity index (χ0n) is 14.5. The van der Waals surface area contributed by atoms with E-state index in [1.807, 2.05) is 55.3 Å². The number of aryl methyl sites for hydroxylation is 3. The van der Waals surface area contributed by atoms with Gasteiger partial charge in [-0.2, -0.15) is 4.98 Å². The fourth-order valence-electron chi connectivity index (χ4n) is 2.63. The second-order valence-electron chi connectivity index (χ2n) is 6.03. The van der Waals surface area contributed by atoms with Gasteiger partial charge in [0.05, 0.1) is 0 Å². The minimum Gasteiger partial charge on any atom is -0.340 e. The molecular weight excluding hydrogens is 296 g/mol. The van der Waals surface area contributed by atoms with Crippen LogP contribution in [0.4, 0.5) is 23.1 Å². The van der Waals surface area contributed by atoms with E-state index in [4.69, 9.17) is 0 Å². The van der Waals surface area contributed by atoms with Crippen LogP contribution < -0.4 is 10.2 Å². The van der Waals surface area contributed by atoms with Crippen LogP contribution in [0.1, 0.15) is 16.8 Å². The summed E-state index contributed by atoms with van der Waals surface area (Å²) in [5.74, 6) is 1.47. The number of nitrogens with one attached hydrogen (secondary N) is 1. The molecule has 0 saturated carbocycles. The molecule has 0 spiro atoms. The number of hydrogen-bond donors (Lipinski definition) is 1. The van der Waals surface area contributed by atoms with Crippen molar-refractivity contribution in [2.45, 2.75) is 20.8 Å². The molecule has 0 radical (unpaired) electrons. The summed E-state index contributed by atoms with van der Waals surface area (Å²) in [6, 6.07) is 18.4. The average molecular weight is 318 g/mol. The molecule has 0 amide bonds. The highest BCUT2D eigenvalue weighted by Gasteiger charge is 2.10. The molecule has 0 aliphatic rings. The zero-order chi connectivity index (χ0) is 17.1. The van der Waals surface area contributed by atoms with Gasteiger partial charge in [-0.25, -0.2) is 4.98 Å². The van der Waals surface area contributed by atoms with Crippen LogP contribution in [-0.2, 0) is 0 Å². The Morgan fingerprint density at radius 3 is 2.33 bits per heavy atom. The second-order valence-corrected chi connectivity index (χ2v) is 6.03. The van der Waals surface area contributed by atoms with Crippen LogP contribution in [-0.4, -0.2) is 17.0 Å². The van der Waals surface area contributed by atoms with Crippen LogP contribution in [0.25, 0.3) is 0 Å².